The van der Waals surface area contributed by atoms with Gasteiger partial charge in [0.2, 0.25) is 41.1 Å². The summed E-state index contributed by atoms with van der Waals surface area (Å²) in [6, 6.07) is 3.74. The van der Waals surface area contributed by atoms with E-state index in [9.17, 15) is 32.1 Å². The van der Waals surface area contributed by atoms with E-state index in [1.54, 1.807) is 6.07 Å². The number of halogens is 5. The maximum absolute atomic E-state index is 14.2. The van der Waals surface area contributed by atoms with Crippen LogP contribution in [0.1, 0.15) is 23.0 Å². The molecule has 154 valence electrons. The van der Waals surface area contributed by atoms with Crippen LogP contribution in [0.2, 0.25) is 0 Å². The fourth-order valence-electron chi connectivity index (χ4n) is 3.97. The summed E-state index contributed by atoms with van der Waals surface area (Å²) in [5, 5.41) is 15.1. The molecule has 0 amide bonds. The predicted molar refractivity (Wildman–Crippen MR) is 87.1 cm³/mol. The maximum atomic E-state index is 14.2. The van der Waals surface area contributed by atoms with Crippen LogP contribution in [0.25, 0.3) is 5.69 Å². The van der Waals surface area contributed by atoms with Gasteiger partial charge in [-0.15, -0.1) is 0 Å². The van der Waals surface area contributed by atoms with Gasteiger partial charge < -0.3 is 4.74 Å². The van der Waals surface area contributed by atoms with Gasteiger partial charge in [-0.2, -0.15) is 8.78 Å². The van der Waals surface area contributed by atoms with Crippen molar-refractivity contribution >= 4 is 5.69 Å². The van der Waals surface area contributed by atoms with Crippen molar-refractivity contribution < 1.29 is 36.2 Å². The van der Waals surface area contributed by atoms with Crippen molar-refractivity contribution in [3.8, 4) is 5.69 Å². The van der Waals surface area contributed by atoms with Crippen LogP contribution < -0.4 is 4.57 Å². The molecule has 5 rings (SSSR count). The average molecular weight is 425 g/mol. The molecule has 0 spiro atoms. The molecule has 2 atom stereocenters. The number of non-ortho nitro benzene ring substituents is 1. The van der Waals surface area contributed by atoms with Crippen LogP contribution in [-0.2, 0) is 17.8 Å². The Morgan fingerprint density at radius 2 is 1.77 bits per heavy atom. The van der Waals surface area contributed by atoms with Crippen molar-refractivity contribution in [3.05, 3.63) is 80.7 Å². The first-order valence-corrected chi connectivity index (χ1v) is 8.68. The number of aromatic nitrogens is 3. The normalized spacial score (nSPS) is 19.4. The minimum atomic E-state index is -2.27. The summed E-state index contributed by atoms with van der Waals surface area (Å²) in [7, 11) is 0. The molecule has 0 saturated heterocycles. The number of hydrogen-bond acceptors (Lipinski definition) is 4. The van der Waals surface area contributed by atoms with Gasteiger partial charge in [0.1, 0.15) is 18.8 Å². The Bertz CT molecular complexity index is 1220. The first-order valence-electron chi connectivity index (χ1n) is 8.68. The molecule has 2 heterocycles. The average Bonchev–Trinajstić information content (AvgIpc) is 3.31. The molecule has 30 heavy (non-hydrogen) atoms. The van der Waals surface area contributed by atoms with E-state index in [4.69, 9.17) is 4.74 Å². The molecular formula is C18H10F5N4O3+. The van der Waals surface area contributed by atoms with Gasteiger partial charge in [-0.05, 0) is 5.56 Å². The lowest BCUT2D eigenvalue weighted by Crippen LogP contribution is -2.51. The van der Waals surface area contributed by atoms with E-state index >= 15 is 0 Å². The molecule has 0 N–H and O–H groups in total. The number of rotatable bonds is 2. The highest BCUT2D eigenvalue weighted by Crippen LogP contribution is 2.38. The molecular weight excluding hydrogens is 415 g/mol. The second-order valence-electron chi connectivity index (χ2n) is 6.94. The lowest BCUT2D eigenvalue weighted by molar-refractivity contribution is -0.739. The molecule has 2 aromatic carbocycles. The van der Waals surface area contributed by atoms with Crippen molar-refractivity contribution in [3.63, 3.8) is 0 Å². The number of hydrogen-bond donors (Lipinski definition) is 0. The van der Waals surface area contributed by atoms with Crippen LogP contribution in [0.4, 0.5) is 27.6 Å². The quantitative estimate of drug-likeness (QED) is 0.158. The van der Waals surface area contributed by atoms with Gasteiger partial charge in [-0.3, -0.25) is 10.1 Å². The molecule has 2 aliphatic rings. The molecule has 1 aromatic heterocycles. The van der Waals surface area contributed by atoms with Gasteiger partial charge in [0, 0.05) is 29.2 Å². The van der Waals surface area contributed by atoms with E-state index in [2.05, 4.69) is 5.10 Å². The standard InChI is InChI=1S/C18H10F5N4O3/c19-12-13(20)15(22)18(16(23)14(12)21)26-6-25-11(24-26)5-30-10-3-7-1-2-8(27(28)29)4-9(7)17(10)25/h1-2,4,6,10,17H,3,5H2/q+1/t10-,17+/m0/s1. The minimum absolute atomic E-state index is 0.0698. The zero-order chi connectivity index (χ0) is 21.3. The number of fused-ring (bicyclic) bond motifs is 5. The topological polar surface area (TPSA) is 74.1 Å². The van der Waals surface area contributed by atoms with Crippen molar-refractivity contribution in [2.75, 3.05) is 0 Å². The first-order chi connectivity index (χ1) is 14.3. The van der Waals surface area contributed by atoms with E-state index in [0.29, 0.717) is 16.7 Å². The van der Waals surface area contributed by atoms with E-state index in [-0.39, 0.29) is 18.1 Å². The lowest BCUT2D eigenvalue weighted by atomic mass is 10.1. The van der Waals surface area contributed by atoms with Crippen molar-refractivity contribution in [2.45, 2.75) is 25.2 Å². The van der Waals surface area contributed by atoms with Gasteiger partial charge >= 0.3 is 5.82 Å². The second kappa shape index (κ2) is 6.29. The second-order valence-corrected chi connectivity index (χ2v) is 6.94. The van der Waals surface area contributed by atoms with Gasteiger partial charge in [-0.1, -0.05) is 10.7 Å². The van der Waals surface area contributed by atoms with Crippen LogP contribution in [-0.4, -0.2) is 20.8 Å². The fraction of sp³-hybridized carbons (Fsp3) is 0.222. The summed E-state index contributed by atoms with van der Waals surface area (Å²) >= 11 is 0. The minimum Gasteiger partial charge on any atom is -0.363 e. The maximum Gasteiger partial charge on any atom is 0.304 e. The van der Waals surface area contributed by atoms with Crippen molar-refractivity contribution in [2.24, 2.45) is 0 Å². The summed E-state index contributed by atoms with van der Waals surface area (Å²) in [6.07, 6.45) is 1.12. The van der Waals surface area contributed by atoms with Crippen LogP contribution in [0.3, 0.4) is 0 Å². The Morgan fingerprint density at radius 3 is 2.43 bits per heavy atom. The summed E-state index contributed by atoms with van der Waals surface area (Å²) in [6.45, 7) is -0.0698. The first kappa shape index (κ1) is 18.6. The highest BCUT2D eigenvalue weighted by Gasteiger charge is 2.45. The van der Waals surface area contributed by atoms with Crippen molar-refractivity contribution in [1.82, 2.24) is 9.78 Å². The van der Waals surface area contributed by atoms with Crippen LogP contribution in [0.15, 0.2) is 24.5 Å². The number of nitro benzene ring substituents is 1. The summed E-state index contributed by atoms with van der Waals surface area (Å²) in [5.74, 6) is -10.3. The van der Waals surface area contributed by atoms with E-state index in [1.165, 1.54) is 16.7 Å². The third-order valence-electron chi connectivity index (χ3n) is 5.33. The molecule has 0 fully saturated rings. The molecule has 0 radical (unpaired) electrons. The van der Waals surface area contributed by atoms with E-state index in [1.807, 2.05) is 0 Å². The highest BCUT2D eigenvalue weighted by molar-refractivity contribution is 5.45. The van der Waals surface area contributed by atoms with E-state index < -0.39 is 51.8 Å². The molecule has 0 unspecified atom stereocenters. The molecule has 0 bridgehead atoms. The van der Waals surface area contributed by atoms with Crippen molar-refractivity contribution in [1.29, 1.82) is 0 Å². The number of nitro groups is 1. The molecule has 0 saturated carbocycles. The summed E-state index contributed by atoms with van der Waals surface area (Å²) in [4.78, 5) is 10.6. The molecule has 3 aromatic rings. The Balaban J connectivity index is 1.67. The Morgan fingerprint density at radius 1 is 1.10 bits per heavy atom. The third kappa shape index (κ3) is 2.46. The van der Waals surface area contributed by atoms with Crippen LogP contribution in [0.5, 0.6) is 0 Å². The third-order valence-corrected chi connectivity index (χ3v) is 5.33. The van der Waals surface area contributed by atoms with E-state index in [0.717, 1.165) is 11.9 Å². The summed E-state index contributed by atoms with van der Waals surface area (Å²) in [5.41, 5.74) is -0.00608. The Kier molecular flexibility index (Phi) is 3.90. The zero-order valence-electron chi connectivity index (χ0n) is 14.8. The van der Waals surface area contributed by atoms with Crippen LogP contribution in [0, 0.1) is 39.2 Å². The molecule has 7 nitrogen and oxygen atoms in total. The largest absolute Gasteiger partial charge is 0.363 e. The Labute approximate surface area is 164 Å². The number of benzene rings is 2. The monoisotopic (exact) mass is 425 g/mol. The van der Waals surface area contributed by atoms with Crippen LogP contribution >= 0.6 is 0 Å². The Hall–Kier alpha value is -3.41. The highest BCUT2D eigenvalue weighted by atomic mass is 19.2. The zero-order valence-corrected chi connectivity index (χ0v) is 14.8. The number of ether oxygens (including phenoxy) is 1. The van der Waals surface area contributed by atoms with Gasteiger partial charge in [0.05, 0.1) is 4.92 Å². The molecule has 1 aliphatic heterocycles. The van der Waals surface area contributed by atoms with Gasteiger partial charge in [0.15, 0.2) is 0 Å². The molecule has 1 aliphatic carbocycles. The SMILES string of the molecule is O=[N+]([O-])c1ccc2c(c1)[C@@H]1[C@H](C2)OCc2nn(-c3c(F)c(F)c(F)c(F)c3F)c[n+]21. The summed E-state index contributed by atoms with van der Waals surface area (Å²) < 4.78 is 76.7. The number of nitrogens with zero attached hydrogens (tertiary/aromatic N) is 4. The molecule has 12 heteroatoms. The lowest BCUT2D eigenvalue weighted by Gasteiger charge is -2.23. The smallest absolute Gasteiger partial charge is 0.304 e. The fourth-order valence-corrected chi connectivity index (χ4v) is 3.97. The van der Waals surface area contributed by atoms with Gasteiger partial charge in [-0.25, -0.2) is 17.7 Å². The predicted octanol–water partition coefficient (Wildman–Crippen LogP) is 2.81. The van der Waals surface area contributed by atoms with Gasteiger partial charge in [0.25, 0.3) is 5.69 Å².